The molecule has 1 aromatic rings. The van der Waals surface area contributed by atoms with Crippen LogP contribution in [-0.2, 0) is 0 Å². The number of carbonyl (C=O) groups is 1. The smallest absolute Gasteiger partial charge is 0.251 e. The summed E-state index contributed by atoms with van der Waals surface area (Å²) in [5.74, 6) is -0.203. The van der Waals surface area contributed by atoms with Crippen molar-refractivity contribution in [3.8, 4) is 0 Å². The Morgan fingerprint density at radius 1 is 1.30 bits per heavy atom. The van der Waals surface area contributed by atoms with Gasteiger partial charge in [-0.2, -0.15) is 5.10 Å². The molecule has 0 unspecified atom stereocenters. The molecule has 0 aromatic heterocycles. The first kappa shape index (κ1) is 15.7. The molecule has 1 amide bonds. The SMILES string of the molecule is CC[C@@H](C)NC(=O)c1cccc(/C(C)=N/N=C(N)N)c1. The van der Waals surface area contributed by atoms with E-state index in [-0.39, 0.29) is 17.9 Å². The van der Waals surface area contributed by atoms with E-state index in [0.29, 0.717) is 11.3 Å². The van der Waals surface area contributed by atoms with E-state index in [0.717, 1.165) is 12.0 Å². The topological polar surface area (TPSA) is 106 Å². The van der Waals surface area contributed by atoms with Gasteiger partial charge in [0.15, 0.2) is 0 Å². The van der Waals surface area contributed by atoms with Crippen molar-refractivity contribution >= 4 is 17.6 Å². The molecule has 20 heavy (non-hydrogen) atoms. The van der Waals surface area contributed by atoms with Crippen molar-refractivity contribution in [3.05, 3.63) is 35.4 Å². The molecule has 6 nitrogen and oxygen atoms in total. The second-order valence-electron chi connectivity index (χ2n) is 4.57. The van der Waals surface area contributed by atoms with Gasteiger partial charge in [0.25, 0.3) is 5.91 Å². The maximum Gasteiger partial charge on any atom is 0.251 e. The molecule has 108 valence electrons. The lowest BCUT2D eigenvalue weighted by molar-refractivity contribution is 0.0939. The van der Waals surface area contributed by atoms with Crippen LogP contribution < -0.4 is 16.8 Å². The fourth-order valence-electron chi connectivity index (χ4n) is 1.49. The van der Waals surface area contributed by atoms with Crippen molar-refractivity contribution in [3.63, 3.8) is 0 Å². The quantitative estimate of drug-likeness (QED) is 0.427. The van der Waals surface area contributed by atoms with Crippen molar-refractivity contribution in [2.75, 3.05) is 0 Å². The monoisotopic (exact) mass is 275 g/mol. The first-order valence-corrected chi connectivity index (χ1v) is 6.48. The lowest BCUT2D eigenvalue weighted by Crippen LogP contribution is -2.31. The molecule has 0 heterocycles. The van der Waals surface area contributed by atoms with E-state index < -0.39 is 0 Å². The number of nitrogens with zero attached hydrogens (tertiary/aromatic N) is 2. The number of hydrogen-bond acceptors (Lipinski definition) is 3. The summed E-state index contributed by atoms with van der Waals surface area (Å²) >= 11 is 0. The Morgan fingerprint density at radius 3 is 2.55 bits per heavy atom. The summed E-state index contributed by atoms with van der Waals surface area (Å²) in [5.41, 5.74) is 12.5. The predicted molar refractivity (Wildman–Crippen MR) is 81.7 cm³/mol. The first-order chi connectivity index (χ1) is 9.43. The summed E-state index contributed by atoms with van der Waals surface area (Å²) in [5, 5.41) is 10.4. The standard InChI is InChI=1S/C14H21N5O/c1-4-9(2)17-13(20)12-7-5-6-11(8-12)10(3)18-19-14(15)16/h5-9H,4H2,1-3H3,(H,17,20)(H4,15,16,19)/b18-10+/t9-/m1/s1. The fraction of sp³-hybridized carbons (Fsp3) is 0.357. The molecular formula is C14H21N5O. The van der Waals surface area contributed by atoms with Crippen molar-refractivity contribution in [2.24, 2.45) is 21.7 Å². The van der Waals surface area contributed by atoms with Gasteiger partial charge in [-0.1, -0.05) is 19.1 Å². The third kappa shape index (κ3) is 4.72. The number of rotatable bonds is 5. The number of hydrogen-bond donors (Lipinski definition) is 3. The van der Waals surface area contributed by atoms with Gasteiger partial charge < -0.3 is 16.8 Å². The maximum absolute atomic E-state index is 12.0. The van der Waals surface area contributed by atoms with Gasteiger partial charge in [-0.3, -0.25) is 4.79 Å². The average Bonchev–Trinajstić information content (AvgIpc) is 2.44. The number of nitrogens with one attached hydrogen (secondary N) is 1. The lowest BCUT2D eigenvalue weighted by atomic mass is 10.1. The van der Waals surface area contributed by atoms with Crippen molar-refractivity contribution < 1.29 is 4.79 Å². The zero-order valence-electron chi connectivity index (χ0n) is 12.1. The van der Waals surface area contributed by atoms with Crippen LogP contribution in [0.5, 0.6) is 0 Å². The summed E-state index contributed by atoms with van der Waals surface area (Å²) < 4.78 is 0. The van der Waals surface area contributed by atoms with E-state index in [4.69, 9.17) is 11.5 Å². The third-order valence-corrected chi connectivity index (χ3v) is 2.85. The average molecular weight is 275 g/mol. The Hall–Kier alpha value is -2.37. The lowest BCUT2D eigenvalue weighted by Gasteiger charge is -2.11. The highest BCUT2D eigenvalue weighted by atomic mass is 16.1. The van der Waals surface area contributed by atoms with Gasteiger partial charge in [-0.25, -0.2) is 0 Å². The molecule has 0 spiro atoms. The molecule has 0 aliphatic rings. The zero-order valence-corrected chi connectivity index (χ0v) is 12.1. The highest BCUT2D eigenvalue weighted by molar-refractivity contribution is 6.02. The van der Waals surface area contributed by atoms with Gasteiger partial charge in [0, 0.05) is 11.6 Å². The summed E-state index contributed by atoms with van der Waals surface area (Å²) in [7, 11) is 0. The Kier molecular flexibility index (Phi) is 5.71. The van der Waals surface area contributed by atoms with Crippen molar-refractivity contribution in [1.82, 2.24) is 5.32 Å². The van der Waals surface area contributed by atoms with E-state index in [2.05, 4.69) is 15.5 Å². The van der Waals surface area contributed by atoms with Crippen LogP contribution in [0.25, 0.3) is 0 Å². The van der Waals surface area contributed by atoms with Crippen molar-refractivity contribution in [1.29, 1.82) is 0 Å². The largest absolute Gasteiger partial charge is 0.369 e. The molecule has 0 aliphatic heterocycles. The Balaban J connectivity index is 2.93. The predicted octanol–water partition coefficient (Wildman–Crippen LogP) is 1.21. The molecule has 1 rings (SSSR count). The van der Waals surface area contributed by atoms with Gasteiger partial charge >= 0.3 is 0 Å². The molecule has 5 N–H and O–H groups in total. The minimum absolute atomic E-state index is 0.101. The Morgan fingerprint density at radius 2 is 1.95 bits per heavy atom. The molecule has 0 saturated carbocycles. The maximum atomic E-state index is 12.0. The number of carbonyl (C=O) groups excluding carboxylic acids is 1. The molecule has 0 fully saturated rings. The molecule has 0 saturated heterocycles. The summed E-state index contributed by atoms with van der Waals surface area (Å²) in [6.45, 7) is 5.76. The molecule has 0 aliphatic carbocycles. The summed E-state index contributed by atoms with van der Waals surface area (Å²) in [6.07, 6.45) is 0.885. The highest BCUT2D eigenvalue weighted by Gasteiger charge is 2.09. The number of nitrogens with two attached hydrogens (primary N) is 2. The summed E-state index contributed by atoms with van der Waals surface area (Å²) in [6, 6.07) is 7.31. The second kappa shape index (κ2) is 7.28. The molecule has 6 heteroatoms. The minimum Gasteiger partial charge on any atom is -0.369 e. The number of amides is 1. The molecular weight excluding hydrogens is 254 g/mol. The molecule has 1 atom stereocenters. The first-order valence-electron chi connectivity index (χ1n) is 6.48. The highest BCUT2D eigenvalue weighted by Crippen LogP contribution is 2.08. The van der Waals surface area contributed by atoms with E-state index >= 15 is 0 Å². The van der Waals surface area contributed by atoms with Crippen molar-refractivity contribution in [2.45, 2.75) is 33.2 Å². The fourth-order valence-corrected chi connectivity index (χ4v) is 1.49. The van der Waals surface area contributed by atoms with Crippen LogP contribution >= 0.6 is 0 Å². The van der Waals surface area contributed by atoms with E-state index in [1.807, 2.05) is 19.9 Å². The minimum atomic E-state index is -0.102. The number of benzene rings is 1. The second-order valence-corrected chi connectivity index (χ2v) is 4.57. The third-order valence-electron chi connectivity index (χ3n) is 2.85. The molecule has 0 radical (unpaired) electrons. The zero-order chi connectivity index (χ0) is 15.1. The van der Waals surface area contributed by atoms with Gasteiger partial charge in [0.2, 0.25) is 5.96 Å². The van der Waals surface area contributed by atoms with Gasteiger partial charge in [-0.15, -0.1) is 5.10 Å². The van der Waals surface area contributed by atoms with Crippen LogP contribution in [0.15, 0.2) is 34.5 Å². The van der Waals surface area contributed by atoms with Gasteiger partial charge in [-0.05, 0) is 38.0 Å². The molecule has 0 bridgehead atoms. The van der Waals surface area contributed by atoms with Crippen LogP contribution in [0, 0.1) is 0 Å². The Bertz CT molecular complexity index is 532. The van der Waals surface area contributed by atoms with E-state index in [9.17, 15) is 4.79 Å². The van der Waals surface area contributed by atoms with Crippen LogP contribution in [0.3, 0.4) is 0 Å². The van der Waals surface area contributed by atoms with Crippen LogP contribution in [0.1, 0.15) is 43.1 Å². The summed E-state index contributed by atoms with van der Waals surface area (Å²) in [4.78, 5) is 12.0. The van der Waals surface area contributed by atoms with Gasteiger partial charge in [0.05, 0.1) is 5.71 Å². The Labute approximate surface area is 119 Å². The van der Waals surface area contributed by atoms with Crippen LogP contribution in [0.4, 0.5) is 0 Å². The van der Waals surface area contributed by atoms with E-state index in [1.165, 1.54) is 0 Å². The molecule has 1 aromatic carbocycles. The van der Waals surface area contributed by atoms with E-state index in [1.54, 1.807) is 25.1 Å². The van der Waals surface area contributed by atoms with Gasteiger partial charge in [0.1, 0.15) is 0 Å². The van der Waals surface area contributed by atoms with Crippen LogP contribution in [0.2, 0.25) is 0 Å². The number of guanidine groups is 1. The normalized spacial score (nSPS) is 12.7. The van der Waals surface area contributed by atoms with Crippen LogP contribution in [-0.4, -0.2) is 23.6 Å².